The molecule has 0 atom stereocenters. The molecule has 4 aromatic rings. The van der Waals surface area contributed by atoms with Gasteiger partial charge in [-0.15, -0.1) is 0 Å². The quantitative estimate of drug-likeness (QED) is 0.223. The Hall–Kier alpha value is -4.34. The summed E-state index contributed by atoms with van der Waals surface area (Å²) in [6, 6.07) is 25.5. The van der Waals surface area contributed by atoms with E-state index in [0.717, 1.165) is 0 Å². The van der Waals surface area contributed by atoms with Crippen LogP contribution in [-0.4, -0.2) is 33.3 Å². The Balaban J connectivity index is 1.37. The standard InChI is InChI=1S/C29H25ClN2O6S/c1-2-37-23-11-9-22(10-12-23)32-39(35,36)25-15-13-24(14-16-25)38-19-28(33)31-27-17-8-21(30)18-26(27)29(34)20-6-4-3-5-7-20/h3-18,32H,2,19H2,1H3,(H,31,33). The third kappa shape index (κ3) is 7.37. The van der Waals surface area contributed by atoms with Crippen molar-refractivity contribution >= 4 is 44.7 Å². The van der Waals surface area contributed by atoms with E-state index in [-0.39, 0.29) is 22.8 Å². The zero-order valence-electron chi connectivity index (χ0n) is 20.9. The van der Waals surface area contributed by atoms with Gasteiger partial charge in [-0.1, -0.05) is 41.9 Å². The lowest BCUT2D eigenvalue weighted by Gasteiger charge is -2.12. The summed E-state index contributed by atoms with van der Waals surface area (Å²) in [6.07, 6.45) is 0. The second-order valence-corrected chi connectivity index (χ2v) is 10.4. The molecular formula is C29H25ClN2O6S. The molecule has 4 rings (SSSR count). The molecule has 10 heteroatoms. The first-order valence-electron chi connectivity index (χ1n) is 11.9. The average molecular weight is 565 g/mol. The van der Waals surface area contributed by atoms with Crippen LogP contribution in [0.3, 0.4) is 0 Å². The fraction of sp³-hybridized carbons (Fsp3) is 0.103. The van der Waals surface area contributed by atoms with Crippen LogP contribution in [0.1, 0.15) is 22.8 Å². The SMILES string of the molecule is CCOc1ccc(NS(=O)(=O)c2ccc(OCC(=O)Nc3ccc(Cl)cc3C(=O)c3ccccc3)cc2)cc1. The number of halogens is 1. The number of carbonyl (C=O) groups is 2. The molecule has 0 aliphatic carbocycles. The molecule has 4 aromatic carbocycles. The Bertz CT molecular complexity index is 1560. The minimum absolute atomic E-state index is 0.0263. The van der Waals surface area contributed by atoms with Crippen molar-refractivity contribution in [2.75, 3.05) is 23.3 Å². The summed E-state index contributed by atoms with van der Waals surface area (Å²) in [6.45, 7) is 2.01. The summed E-state index contributed by atoms with van der Waals surface area (Å²) in [5.74, 6) is 0.140. The number of anilines is 2. The van der Waals surface area contributed by atoms with Crippen molar-refractivity contribution in [2.45, 2.75) is 11.8 Å². The van der Waals surface area contributed by atoms with Crippen molar-refractivity contribution in [2.24, 2.45) is 0 Å². The Kier molecular flexibility index (Phi) is 8.85. The summed E-state index contributed by atoms with van der Waals surface area (Å²) in [4.78, 5) is 25.6. The van der Waals surface area contributed by atoms with Crippen molar-refractivity contribution in [1.29, 1.82) is 0 Å². The van der Waals surface area contributed by atoms with Gasteiger partial charge in [0.1, 0.15) is 11.5 Å². The largest absolute Gasteiger partial charge is 0.494 e. The van der Waals surface area contributed by atoms with Gasteiger partial charge in [-0.05, 0) is 73.7 Å². The van der Waals surface area contributed by atoms with E-state index >= 15 is 0 Å². The smallest absolute Gasteiger partial charge is 0.262 e. The van der Waals surface area contributed by atoms with E-state index in [1.807, 2.05) is 6.92 Å². The first-order valence-corrected chi connectivity index (χ1v) is 13.8. The Morgan fingerprint density at radius 1 is 0.821 bits per heavy atom. The van der Waals surface area contributed by atoms with E-state index in [1.54, 1.807) is 66.7 Å². The lowest BCUT2D eigenvalue weighted by molar-refractivity contribution is -0.118. The maximum atomic E-state index is 12.9. The molecule has 39 heavy (non-hydrogen) atoms. The Labute approximate surface area is 231 Å². The second kappa shape index (κ2) is 12.5. The van der Waals surface area contributed by atoms with Gasteiger partial charge in [0.2, 0.25) is 0 Å². The number of rotatable bonds is 11. The molecule has 0 heterocycles. The highest BCUT2D eigenvalue weighted by atomic mass is 35.5. The van der Waals surface area contributed by atoms with Crippen LogP contribution in [-0.2, 0) is 14.8 Å². The minimum atomic E-state index is -3.83. The topological polar surface area (TPSA) is 111 Å². The number of ether oxygens (including phenoxy) is 2. The number of nitrogens with one attached hydrogen (secondary N) is 2. The van der Waals surface area contributed by atoms with Crippen LogP contribution in [0.2, 0.25) is 5.02 Å². The molecular weight excluding hydrogens is 540 g/mol. The van der Waals surface area contributed by atoms with Crippen LogP contribution < -0.4 is 19.5 Å². The van der Waals surface area contributed by atoms with E-state index < -0.39 is 15.9 Å². The molecule has 0 saturated carbocycles. The zero-order chi connectivity index (χ0) is 27.8. The van der Waals surface area contributed by atoms with Crippen LogP contribution in [0.4, 0.5) is 11.4 Å². The van der Waals surface area contributed by atoms with Gasteiger partial charge in [-0.2, -0.15) is 0 Å². The van der Waals surface area contributed by atoms with E-state index in [1.165, 1.54) is 30.3 Å². The fourth-order valence-electron chi connectivity index (χ4n) is 3.61. The highest BCUT2D eigenvalue weighted by Crippen LogP contribution is 2.25. The molecule has 0 radical (unpaired) electrons. The summed E-state index contributed by atoms with van der Waals surface area (Å²) in [7, 11) is -3.83. The van der Waals surface area contributed by atoms with Crippen molar-refractivity contribution < 1.29 is 27.5 Å². The maximum absolute atomic E-state index is 12.9. The lowest BCUT2D eigenvalue weighted by Crippen LogP contribution is -2.21. The third-order valence-corrected chi connectivity index (χ3v) is 7.09. The Morgan fingerprint density at radius 2 is 1.46 bits per heavy atom. The van der Waals surface area contributed by atoms with E-state index in [4.69, 9.17) is 21.1 Å². The molecule has 0 spiro atoms. The summed E-state index contributed by atoms with van der Waals surface area (Å²) >= 11 is 6.09. The minimum Gasteiger partial charge on any atom is -0.494 e. The number of benzene rings is 4. The summed E-state index contributed by atoms with van der Waals surface area (Å²) in [5.41, 5.74) is 1.39. The van der Waals surface area contributed by atoms with Crippen molar-refractivity contribution in [3.8, 4) is 11.5 Å². The van der Waals surface area contributed by atoms with Gasteiger partial charge in [-0.3, -0.25) is 14.3 Å². The first kappa shape index (κ1) is 27.7. The average Bonchev–Trinajstić information content (AvgIpc) is 2.94. The second-order valence-electron chi connectivity index (χ2n) is 8.26. The molecule has 0 aliphatic rings. The molecule has 200 valence electrons. The molecule has 0 aliphatic heterocycles. The van der Waals surface area contributed by atoms with Gasteiger partial charge in [0, 0.05) is 21.8 Å². The number of amides is 1. The fourth-order valence-corrected chi connectivity index (χ4v) is 4.84. The van der Waals surface area contributed by atoms with Crippen LogP contribution in [0.25, 0.3) is 0 Å². The Morgan fingerprint density at radius 3 is 2.13 bits per heavy atom. The molecule has 8 nitrogen and oxygen atoms in total. The predicted molar refractivity (Wildman–Crippen MR) is 150 cm³/mol. The van der Waals surface area contributed by atoms with Crippen LogP contribution in [0.15, 0.2) is 102 Å². The monoisotopic (exact) mass is 564 g/mol. The van der Waals surface area contributed by atoms with Gasteiger partial charge in [0.05, 0.1) is 17.2 Å². The molecule has 0 bridgehead atoms. The number of carbonyl (C=O) groups excluding carboxylic acids is 2. The van der Waals surface area contributed by atoms with Gasteiger partial charge in [0.25, 0.3) is 15.9 Å². The third-order valence-electron chi connectivity index (χ3n) is 5.46. The molecule has 0 fully saturated rings. The maximum Gasteiger partial charge on any atom is 0.262 e. The highest BCUT2D eigenvalue weighted by molar-refractivity contribution is 7.92. The number of sulfonamides is 1. The number of ketones is 1. The van der Waals surface area contributed by atoms with Gasteiger partial charge < -0.3 is 14.8 Å². The van der Waals surface area contributed by atoms with Gasteiger partial charge in [-0.25, -0.2) is 8.42 Å². The molecule has 1 amide bonds. The summed E-state index contributed by atoms with van der Waals surface area (Å²) in [5, 5.41) is 3.03. The van der Waals surface area contributed by atoms with Crippen molar-refractivity contribution in [3.63, 3.8) is 0 Å². The molecule has 0 aromatic heterocycles. The normalized spacial score (nSPS) is 10.9. The highest BCUT2D eigenvalue weighted by Gasteiger charge is 2.17. The van der Waals surface area contributed by atoms with E-state index in [2.05, 4.69) is 10.0 Å². The predicted octanol–water partition coefficient (Wildman–Crippen LogP) is 5.79. The van der Waals surface area contributed by atoms with Crippen LogP contribution in [0.5, 0.6) is 11.5 Å². The molecule has 0 unspecified atom stereocenters. The van der Waals surface area contributed by atoms with Gasteiger partial charge in [0.15, 0.2) is 12.4 Å². The van der Waals surface area contributed by atoms with Crippen molar-refractivity contribution in [3.05, 3.63) is 113 Å². The van der Waals surface area contributed by atoms with Crippen LogP contribution in [0, 0.1) is 0 Å². The number of hydrogen-bond donors (Lipinski definition) is 2. The zero-order valence-corrected chi connectivity index (χ0v) is 22.5. The summed E-state index contributed by atoms with van der Waals surface area (Å²) < 4.78 is 38.8. The molecule has 2 N–H and O–H groups in total. The first-order chi connectivity index (χ1) is 18.7. The van der Waals surface area contributed by atoms with E-state index in [9.17, 15) is 18.0 Å². The van der Waals surface area contributed by atoms with Crippen molar-refractivity contribution in [1.82, 2.24) is 0 Å². The van der Waals surface area contributed by atoms with E-state index in [0.29, 0.717) is 40.1 Å². The number of hydrogen-bond acceptors (Lipinski definition) is 6. The lowest BCUT2D eigenvalue weighted by atomic mass is 10.0. The van der Waals surface area contributed by atoms with Gasteiger partial charge >= 0.3 is 0 Å². The van der Waals surface area contributed by atoms with Crippen LogP contribution >= 0.6 is 11.6 Å². The molecule has 0 saturated heterocycles.